The Kier molecular flexibility index (Phi) is 4.32. The van der Waals surface area contributed by atoms with Crippen molar-refractivity contribution in [3.05, 3.63) is 41.0 Å². The SMILES string of the molecule is CC[C@@H](NC(=O)c1ccc2cccc(Cl)c2n1)C1CC(O)C1. The summed E-state index contributed by atoms with van der Waals surface area (Å²) in [5.41, 5.74) is 1.02. The van der Waals surface area contributed by atoms with Gasteiger partial charge in [-0.15, -0.1) is 0 Å². The molecule has 0 saturated heterocycles. The number of aliphatic hydroxyl groups excluding tert-OH is 1. The van der Waals surface area contributed by atoms with Crippen molar-refractivity contribution in [3.8, 4) is 0 Å². The summed E-state index contributed by atoms with van der Waals surface area (Å²) in [6, 6.07) is 9.21. The molecular weight excluding hydrogens is 300 g/mol. The second-order valence-corrected chi connectivity index (χ2v) is 6.29. The quantitative estimate of drug-likeness (QED) is 0.910. The molecule has 1 amide bonds. The summed E-state index contributed by atoms with van der Waals surface area (Å²) >= 11 is 6.14. The van der Waals surface area contributed by atoms with E-state index < -0.39 is 0 Å². The van der Waals surface area contributed by atoms with Gasteiger partial charge >= 0.3 is 0 Å². The number of para-hydroxylation sites is 1. The molecule has 1 fully saturated rings. The predicted molar refractivity (Wildman–Crippen MR) is 87.0 cm³/mol. The lowest BCUT2D eigenvalue weighted by Gasteiger charge is -2.37. The first kappa shape index (κ1) is 15.3. The highest BCUT2D eigenvalue weighted by Gasteiger charge is 2.34. The fraction of sp³-hybridized carbons (Fsp3) is 0.412. The Morgan fingerprint density at radius 3 is 2.86 bits per heavy atom. The number of hydrogen-bond donors (Lipinski definition) is 2. The van der Waals surface area contributed by atoms with Crippen LogP contribution >= 0.6 is 11.6 Å². The Bertz CT molecular complexity index is 698. The van der Waals surface area contributed by atoms with Gasteiger partial charge in [-0.1, -0.05) is 36.7 Å². The highest BCUT2D eigenvalue weighted by atomic mass is 35.5. The number of rotatable bonds is 4. The molecule has 5 heteroatoms. The number of hydrogen-bond acceptors (Lipinski definition) is 3. The maximum atomic E-state index is 12.4. The number of aliphatic hydroxyl groups is 1. The topological polar surface area (TPSA) is 62.2 Å². The molecular formula is C17H19ClN2O2. The van der Waals surface area contributed by atoms with Crippen molar-refractivity contribution >= 4 is 28.4 Å². The average Bonchev–Trinajstić information content (AvgIpc) is 2.50. The summed E-state index contributed by atoms with van der Waals surface area (Å²) in [6.07, 6.45) is 2.15. The zero-order valence-corrected chi connectivity index (χ0v) is 13.2. The minimum Gasteiger partial charge on any atom is -0.393 e. The molecule has 1 atom stereocenters. The molecule has 1 saturated carbocycles. The van der Waals surface area contributed by atoms with E-state index in [0.717, 1.165) is 24.6 Å². The molecule has 3 rings (SSSR count). The number of carbonyl (C=O) groups is 1. The van der Waals surface area contributed by atoms with Gasteiger partial charge in [0.2, 0.25) is 0 Å². The maximum absolute atomic E-state index is 12.4. The van der Waals surface area contributed by atoms with Crippen molar-refractivity contribution in [2.45, 2.75) is 38.3 Å². The van der Waals surface area contributed by atoms with Gasteiger partial charge in [0.15, 0.2) is 0 Å². The molecule has 1 aliphatic carbocycles. The van der Waals surface area contributed by atoms with E-state index in [4.69, 9.17) is 11.6 Å². The number of nitrogens with one attached hydrogen (secondary N) is 1. The van der Waals surface area contributed by atoms with Crippen LogP contribution in [0.2, 0.25) is 5.02 Å². The summed E-state index contributed by atoms with van der Waals surface area (Å²) < 4.78 is 0. The van der Waals surface area contributed by atoms with E-state index >= 15 is 0 Å². The van der Waals surface area contributed by atoms with Crippen molar-refractivity contribution in [2.24, 2.45) is 5.92 Å². The Labute approximate surface area is 134 Å². The van der Waals surface area contributed by atoms with E-state index in [2.05, 4.69) is 10.3 Å². The minimum atomic E-state index is -0.214. The lowest BCUT2D eigenvalue weighted by Crippen LogP contribution is -2.46. The summed E-state index contributed by atoms with van der Waals surface area (Å²) in [6.45, 7) is 2.04. The molecule has 2 aromatic rings. The lowest BCUT2D eigenvalue weighted by atomic mass is 9.76. The van der Waals surface area contributed by atoms with Crippen molar-refractivity contribution in [3.63, 3.8) is 0 Å². The molecule has 0 radical (unpaired) electrons. The molecule has 22 heavy (non-hydrogen) atoms. The Hall–Kier alpha value is -1.65. The molecule has 0 spiro atoms. The van der Waals surface area contributed by atoms with E-state index in [0.29, 0.717) is 22.2 Å². The first-order chi connectivity index (χ1) is 10.6. The van der Waals surface area contributed by atoms with Gasteiger partial charge in [0.05, 0.1) is 16.6 Å². The number of pyridine rings is 1. The maximum Gasteiger partial charge on any atom is 0.270 e. The van der Waals surface area contributed by atoms with Gasteiger partial charge in [0.25, 0.3) is 5.91 Å². The van der Waals surface area contributed by atoms with Gasteiger partial charge in [-0.05, 0) is 37.3 Å². The van der Waals surface area contributed by atoms with Crippen LogP contribution in [0.25, 0.3) is 10.9 Å². The number of carbonyl (C=O) groups excluding carboxylic acids is 1. The van der Waals surface area contributed by atoms with Crippen LogP contribution in [0.5, 0.6) is 0 Å². The van der Waals surface area contributed by atoms with Crippen LogP contribution in [-0.2, 0) is 0 Å². The molecule has 1 aromatic heterocycles. The fourth-order valence-electron chi connectivity index (χ4n) is 2.99. The first-order valence-corrected chi connectivity index (χ1v) is 8.00. The van der Waals surface area contributed by atoms with Crippen LogP contribution < -0.4 is 5.32 Å². The first-order valence-electron chi connectivity index (χ1n) is 7.62. The van der Waals surface area contributed by atoms with Crippen LogP contribution in [0.3, 0.4) is 0 Å². The third-order valence-electron chi connectivity index (χ3n) is 4.38. The van der Waals surface area contributed by atoms with E-state index in [1.807, 2.05) is 25.1 Å². The Balaban J connectivity index is 1.78. The molecule has 0 aliphatic heterocycles. The number of amides is 1. The minimum absolute atomic E-state index is 0.0830. The van der Waals surface area contributed by atoms with E-state index in [1.165, 1.54) is 0 Å². The van der Waals surface area contributed by atoms with Crippen molar-refractivity contribution in [1.29, 1.82) is 0 Å². The molecule has 0 unspecified atom stereocenters. The molecule has 116 valence electrons. The molecule has 1 aromatic carbocycles. The third kappa shape index (κ3) is 2.94. The average molecular weight is 319 g/mol. The van der Waals surface area contributed by atoms with Crippen LogP contribution in [0.4, 0.5) is 0 Å². The molecule has 1 heterocycles. The van der Waals surface area contributed by atoms with E-state index in [9.17, 15) is 9.90 Å². The van der Waals surface area contributed by atoms with Crippen molar-refractivity contribution in [1.82, 2.24) is 10.3 Å². The second kappa shape index (κ2) is 6.23. The molecule has 0 bridgehead atoms. The predicted octanol–water partition coefficient (Wildman–Crippen LogP) is 3.17. The Morgan fingerprint density at radius 1 is 1.41 bits per heavy atom. The zero-order valence-electron chi connectivity index (χ0n) is 12.4. The molecule has 1 aliphatic rings. The summed E-state index contributed by atoms with van der Waals surface area (Å²) in [5.74, 6) is 0.169. The largest absolute Gasteiger partial charge is 0.393 e. The molecule has 4 nitrogen and oxygen atoms in total. The summed E-state index contributed by atoms with van der Waals surface area (Å²) in [4.78, 5) is 16.8. The van der Waals surface area contributed by atoms with Gasteiger partial charge in [0, 0.05) is 11.4 Å². The highest BCUT2D eigenvalue weighted by molar-refractivity contribution is 6.35. The van der Waals surface area contributed by atoms with Crippen LogP contribution in [0.15, 0.2) is 30.3 Å². The normalized spacial score (nSPS) is 22.1. The smallest absolute Gasteiger partial charge is 0.270 e. The van der Waals surface area contributed by atoms with E-state index in [1.54, 1.807) is 12.1 Å². The second-order valence-electron chi connectivity index (χ2n) is 5.88. The number of aromatic nitrogens is 1. The number of benzene rings is 1. The van der Waals surface area contributed by atoms with Crippen LogP contribution in [0.1, 0.15) is 36.7 Å². The summed E-state index contributed by atoms with van der Waals surface area (Å²) in [7, 11) is 0. The van der Waals surface area contributed by atoms with E-state index in [-0.39, 0.29) is 18.1 Å². The van der Waals surface area contributed by atoms with Gasteiger partial charge in [-0.3, -0.25) is 4.79 Å². The third-order valence-corrected chi connectivity index (χ3v) is 4.68. The monoisotopic (exact) mass is 318 g/mol. The van der Waals surface area contributed by atoms with Crippen LogP contribution in [0, 0.1) is 5.92 Å². The van der Waals surface area contributed by atoms with Gasteiger partial charge in [-0.25, -0.2) is 4.98 Å². The molecule has 2 N–H and O–H groups in total. The van der Waals surface area contributed by atoms with Crippen molar-refractivity contribution in [2.75, 3.05) is 0 Å². The number of nitrogens with zero attached hydrogens (tertiary/aromatic N) is 1. The highest BCUT2D eigenvalue weighted by Crippen LogP contribution is 2.31. The van der Waals surface area contributed by atoms with Crippen LogP contribution in [-0.4, -0.2) is 28.1 Å². The number of halogens is 1. The fourth-order valence-corrected chi connectivity index (χ4v) is 3.22. The summed E-state index contributed by atoms with van der Waals surface area (Å²) in [5, 5.41) is 13.9. The van der Waals surface area contributed by atoms with Gasteiger partial charge in [-0.2, -0.15) is 0 Å². The standard InChI is InChI=1S/C17H19ClN2O2/c1-2-14(11-8-12(21)9-11)20-17(22)15-7-6-10-4-3-5-13(18)16(10)19-15/h3-7,11-12,14,21H,2,8-9H2,1H3,(H,20,22)/t11?,12?,14-/m1/s1. The van der Waals surface area contributed by atoms with Gasteiger partial charge in [0.1, 0.15) is 5.69 Å². The van der Waals surface area contributed by atoms with Gasteiger partial charge < -0.3 is 10.4 Å². The number of fused-ring (bicyclic) bond motifs is 1. The van der Waals surface area contributed by atoms with Crippen molar-refractivity contribution < 1.29 is 9.90 Å². The Morgan fingerprint density at radius 2 is 2.18 bits per heavy atom. The lowest BCUT2D eigenvalue weighted by molar-refractivity contribution is 0.0232. The zero-order chi connectivity index (χ0) is 15.7.